The predicted octanol–water partition coefficient (Wildman–Crippen LogP) is -2.53. The number of hydrogen-bond acceptors (Lipinski definition) is 10. The number of ether oxygens (including phenoxy) is 1. The van der Waals surface area contributed by atoms with Gasteiger partial charge in [0.2, 0.25) is 0 Å². The number of primary amides is 1. The molecule has 11 nitrogen and oxygen atoms in total. The lowest BCUT2D eigenvalue weighted by Gasteiger charge is -2.44. The highest BCUT2D eigenvalue weighted by Gasteiger charge is 2.61. The van der Waals surface area contributed by atoms with E-state index in [4.69, 9.17) is 26.8 Å². The van der Waals surface area contributed by atoms with Gasteiger partial charge in [-0.05, 0) is 0 Å². The Morgan fingerprint density at radius 2 is 2.32 bits per heavy atom. The van der Waals surface area contributed by atoms with Crippen molar-refractivity contribution in [1.29, 1.82) is 0 Å². The molecule has 1 amide bonds. The maximum Gasteiger partial charge on any atom is 0.404 e. The number of guanidine groups is 2. The van der Waals surface area contributed by atoms with Gasteiger partial charge < -0.3 is 37.0 Å². The number of rotatable bonds is 3. The Hall–Kier alpha value is -2.72. The molecule has 1 fully saturated rings. The largest absolute Gasteiger partial charge is 0.447 e. The Bertz CT molecular complexity index is 588. The average molecular weight is 310 g/mol. The topological polar surface area (TPSA) is 166 Å². The fourth-order valence-electron chi connectivity index (χ4n) is 3.25. The minimum atomic E-state index is -0.884. The molecule has 0 saturated carbocycles. The highest BCUT2D eigenvalue weighted by atomic mass is 16.6. The quantitative estimate of drug-likeness (QED) is 0.417. The summed E-state index contributed by atoms with van der Waals surface area (Å²) in [6, 6.07) is -0.965. The van der Waals surface area contributed by atoms with Crippen LogP contribution in [0.25, 0.3) is 0 Å². The molecule has 0 radical (unpaired) electrons. The first kappa shape index (κ1) is 14.2. The summed E-state index contributed by atoms with van der Waals surface area (Å²) in [5.41, 5.74) is 16.8. The maximum absolute atomic E-state index is 10.9. The van der Waals surface area contributed by atoms with E-state index in [1.165, 1.54) is 7.11 Å². The molecule has 0 aromatic carbocycles. The molecule has 1 spiro atoms. The van der Waals surface area contributed by atoms with Gasteiger partial charge in [-0.3, -0.25) is 0 Å². The lowest BCUT2D eigenvalue weighted by Crippen LogP contribution is -2.71. The van der Waals surface area contributed by atoms with E-state index in [1.807, 2.05) is 4.90 Å². The molecule has 1 saturated heterocycles. The van der Waals surface area contributed by atoms with Crippen LogP contribution in [0.1, 0.15) is 6.42 Å². The number of aliphatic imine (C=N–C) groups is 2. The van der Waals surface area contributed by atoms with Crippen molar-refractivity contribution in [1.82, 2.24) is 10.2 Å². The molecule has 120 valence electrons. The van der Waals surface area contributed by atoms with Crippen LogP contribution in [0, 0.1) is 0 Å². The number of hydrogen-bond donors (Lipinski definition) is 4. The summed E-state index contributed by atoms with van der Waals surface area (Å²) in [5.74, 6) is 0.544. The standard InChI is InChI=1S/C11H18N8O3/c1-21-18-6-2-3-19-9(13)15-5(4-22-10(14)20)7-11(6,19)17-8(12)16-7/h5,7H,2-4H2,1H3,(H2,13,15)(H2,14,20)(H3,12,16,17)/t5-,7-,11+/m0/s1. The van der Waals surface area contributed by atoms with Crippen molar-refractivity contribution in [3.05, 3.63) is 0 Å². The molecule has 11 heteroatoms. The van der Waals surface area contributed by atoms with Crippen molar-refractivity contribution in [3.8, 4) is 0 Å². The summed E-state index contributed by atoms with van der Waals surface area (Å²) >= 11 is 0. The highest BCUT2D eigenvalue weighted by molar-refractivity contribution is 6.05. The van der Waals surface area contributed by atoms with E-state index in [9.17, 15) is 4.79 Å². The number of amides is 1. The molecule has 0 unspecified atom stereocenters. The van der Waals surface area contributed by atoms with E-state index in [0.29, 0.717) is 24.6 Å². The van der Waals surface area contributed by atoms with Crippen molar-refractivity contribution in [2.45, 2.75) is 24.2 Å². The number of carbonyl (C=O) groups is 1. The second kappa shape index (κ2) is 4.93. The first-order chi connectivity index (χ1) is 10.5. The molecular formula is C11H18N8O3. The smallest absolute Gasteiger partial charge is 0.404 e. The van der Waals surface area contributed by atoms with Crippen LogP contribution in [0.2, 0.25) is 0 Å². The second-order valence-corrected chi connectivity index (χ2v) is 5.16. The number of nitrogens with one attached hydrogen (secondary N) is 1. The third-order valence-electron chi connectivity index (χ3n) is 4.00. The fourth-order valence-corrected chi connectivity index (χ4v) is 3.25. The van der Waals surface area contributed by atoms with Crippen molar-refractivity contribution >= 4 is 23.7 Å². The molecule has 0 aromatic rings. The van der Waals surface area contributed by atoms with Crippen LogP contribution < -0.4 is 22.5 Å². The summed E-state index contributed by atoms with van der Waals surface area (Å²) in [5, 5.41) is 7.21. The van der Waals surface area contributed by atoms with Crippen LogP contribution in [0.15, 0.2) is 15.1 Å². The number of nitrogens with zero attached hydrogens (tertiary/aromatic N) is 4. The summed E-state index contributed by atoms with van der Waals surface area (Å²) in [4.78, 5) is 26.4. The van der Waals surface area contributed by atoms with Gasteiger partial charge in [0.05, 0.1) is 0 Å². The SMILES string of the molecule is CON=C1CCN2C(N)=N[C@@H](COC(N)=O)[C@@H]3N=C(N)N[C@@]132. The molecule has 3 aliphatic heterocycles. The zero-order chi connectivity index (χ0) is 15.9. The third kappa shape index (κ3) is 1.89. The summed E-state index contributed by atoms with van der Waals surface area (Å²) in [6.45, 7) is 0.558. The Morgan fingerprint density at radius 3 is 3.00 bits per heavy atom. The molecule has 0 aromatic heterocycles. The van der Waals surface area contributed by atoms with Crippen LogP contribution in [0.3, 0.4) is 0 Å². The molecule has 3 aliphatic rings. The molecule has 7 N–H and O–H groups in total. The maximum atomic E-state index is 10.9. The minimum absolute atomic E-state index is 0.0466. The third-order valence-corrected chi connectivity index (χ3v) is 4.00. The molecule has 3 atom stereocenters. The van der Waals surface area contributed by atoms with Crippen molar-refractivity contribution in [3.63, 3.8) is 0 Å². The second-order valence-electron chi connectivity index (χ2n) is 5.16. The first-order valence-corrected chi connectivity index (χ1v) is 6.74. The predicted molar refractivity (Wildman–Crippen MR) is 78.0 cm³/mol. The van der Waals surface area contributed by atoms with E-state index in [2.05, 4.69) is 20.5 Å². The van der Waals surface area contributed by atoms with Gasteiger partial charge in [0.1, 0.15) is 31.5 Å². The summed E-state index contributed by atoms with van der Waals surface area (Å²) in [7, 11) is 1.47. The summed E-state index contributed by atoms with van der Waals surface area (Å²) < 4.78 is 4.86. The molecule has 3 rings (SSSR count). The first-order valence-electron chi connectivity index (χ1n) is 6.74. The normalized spacial score (nSPS) is 34.4. The Morgan fingerprint density at radius 1 is 1.55 bits per heavy atom. The zero-order valence-electron chi connectivity index (χ0n) is 12.0. The number of oxime groups is 1. The number of nitrogens with two attached hydrogens (primary N) is 3. The van der Waals surface area contributed by atoms with Crippen LogP contribution >= 0.6 is 0 Å². The van der Waals surface area contributed by atoms with Gasteiger partial charge in [-0.15, -0.1) is 0 Å². The minimum Gasteiger partial charge on any atom is -0.447 e. The van der Waals surface area contributed by atoms with Crippen LogP contribution in [-0.4, -0.2) is 66.6 Å². The lowest BCUT2D eigenvalue weighted by atomic mass is 9.90. The van der Waals surface area contributed by atoms with Gasteiger partial charge in [-0.1, -0.05) is 5.16 Å². The molecular weight excluding hydrogens is 292 g/mol. The van der Waals surface area contributed by atoms with E-state index in [1.54, 1.807) is 0 Å². The highest BCUT2D eigenvalue weighted by Crippen LogP contribution is 2.37. The van der Waals surface area contributed by atoms with Gasteiger partial charge in [0.25, 0.3) is 0 Å². The molecule has 22 heavy (non-hydrogen) atoms. The molecule has 0 bridgehead atoms. The van der Waals surface area contributed by atoms with Crippen LogP contribution in [-0.2, 0) is 9.57 Å². The average Bonchev–Trinajstić information content (AvgIpc) is 2.98. The van der Waals surface area contributed by atoms with E-state index < -0.39 is 23.8 Å². The van der Waals surface area contributed by atoms with Crippen molar-refractivity contribution in [2.24, 2.45) is 32.3 Å². The van der Waals surface area contributed by atoms with E-state index in [-0.39, 0.29) is 12.6 Å². The van der Waals surface area contributed by atoms with Crippen molar-refractivity contribution < 1.29 is 14.4 Å². The lowest BCUT2D eigenvalue weighted by molar-refractivity contribution is 0.121. The Labute approximate surface area is 126 Å². The van der Waals surface area contributed by atoms with Crippen LogP contribution in [0.4, 0.5) is 4.79 Å². The van der Waals surface area contributed by atoms with Crippen LogP contribution in [0.5, 0.6) is 0 Å². The van der Waals surface area contributed by atoms with Crippen molar-refractivity contribution in [2.75, 3.05) is 20.3 Å². The Kier molecular flexibility index (Phi) is 3.19. The number of carbonyl (C=O) groups excluding carboxylic acids is 1. The van der Waals surface area contributed by atoms with Gasteiger partial charge in [0, 0.05) is 13.0 Å². The molecule has 0 aliphatic carbocycles. The van der Waals surface area contributed by atoms with Gasteiger partial charge >= 0.3 is 6.09 Å². The monoisotopic (exact) mass is 310 g/mol. The van der Waals surface area contributed by atoms with Gasteiger partial charge in [-0.25, -0.2) is 14.8 Å². The zero-order valence-corrected chi connectivity index (χ0v) is 12.0. The fraction of sp³-hybridized carbons (Fsp3) is 0.636. The summed E-state index contributed by atoms with van der Waals surface area (Å²) in [6.07, 6.45) is -0.259. The molecule has 3 heterocycles. The Balaban J connectivity index is 2.00. The van der Waals surface area contributed by atoms with Gasteiger partial charge in [0.15, 0.2) is 17.6 Å². The van der Waals surface area contributed by atoms with Gasteiger partial charge in [-0.2, -0.15) is 0 Å². The van der Waals surface area contributed by atoms with E-state index >= 15 is 0 Å². The van der Waals surface area contributed by atoms with E-state index in [0.717, 1.165) is 0 Å².